The van der Waals surface area contributed by atoms with Crippen LogP contribution in [0.2, 0.25) is 0 Å². The molecule has 0 spiro atoms. The molecular weight excluding hydrogens is 222 g/mol. The number of rotatable bonds is 7. The van der Waals surface area contributed by atoms with E-state index in [9.17, 15) is 8.78 Å². The zero-order valence-corrected chi connectivity index (χ0v) is 10.9. The van der Waals surface area contributed by atoms with Gasteiger partial charge in [-0.15, -0.1) is 0 Å². The molecule has 1 rings (SSSR count). The van der Waals surface area contributed by atoms with E-state index < -0.39 is 5.92 Å². The topological polar surface area (TPSA) is 29.3 Å². The van der Waals surface area contributed by atoms with Gasteiger partial charge in [-0.3, -0.25) is 0 Å². The standard InChI is InChI=1S/C13H26F2N2/c1-2-8-17(9-4-7-16)11-12-5-3-6-13(14,15)10-12/h12H,2-11,16H2,1H3. The molecule has 0 amide bonds. The molecule has 1 aliphatic carbocycles. The lowest BCUT2D eigenvalue weighted by Crippen LogP contribution is -2.36. The van der Waals surface area contributed by atoms with Crippen LogP contribution in [0.5, 0.6) is 0 Å². The molecule has 2 nitrogen and oxygen atoms in total. The molecule has 1 fully saturated rings. The first-order chi connectivity index (χ1) is 8.07. The maximum Gasteiger partial charge on any atom is 0.248 e. The third-order valence-corrected chi connectivity index (χ3v) is 3.48. The van der Waals surface area contributed by atoms with Crippen molar-refractivity contribution in [1.29, 1.82) is 0 Å². The molecule has 17 heavy (non-hydrogen) atoms. The molecule has 2 N–H and O–H groups in total. The lowest BCUT2D eigenvalue weighted by atomic mass is 9.86. The fourth-order valence-corrected chi connectivity index (χ4v) is 2.72. The summed E-state index contributed by atoms with van der Waals surface area (Å²) in [6.07, 6.45) is 3.83. The largest absolute Gasteiger partial charge is 0.330 e. The van der Waals surface area contributed by atoms with E-state index in [2.05, 4.69) is 11.8 Å². The van der Waals surface area contributed by atoms with Gasteiger partial charge in [0.1, 0.15) is 0 Å². The molecule has 0 aromatic rings. The molecule has 0 aromatic heterocycles. The summed E-state index contributed by atoms with van der Waals surface area (Å²) >= 11 is 0. The molecule has 1 aliphatic rings. The lowest BCUT2D eigenvalue weighted by Gasteiger charge is -2.33. The van der Waals surface area contributed by atoms with Crippen molar-refractivity contribution in [3.8, 4) is 0 Å². The minimum absolute atomic E-state index is 0.0792. The first-order valence-electron chi connectivity index (χ1n) is 6.87. The van der Waals surface area contributed by atoms with Gasteiger partial charge < -0.3 is 10.6 Å². The van der Waals surface area contributed by atoms with Gasteiger partial charge in [-0.2, -0.15) is 0 Å². The van der Waals surface area contributed by atoms with Gasteiger partial charge in [-0.05, 0) is 51.2 Å². The van der Waals surface area contributed by atoms with Crippen LogP contribution in [0.3, 0.4) is 0 Å². The molecule has 0 aliphatic heterocycles. The smallest absolute Gasteiger partial charge is 0.248 e. The van der Waals surface area contributed by atoms with Crippen molar-refractivity contribution in [2.45, 2.75) is 51.4 Å². The molecule has 0 saturated heterocycles. The maximum absolute atomic E-state index is 13.3. The van der Waals surface area contributed by atoms with E-state index >= 15 is 0 Å². The van der Waals surface area contributed by atoms with Gasteiger partial charge in [-0.25, -0.2) is 8.78 Å². The Morgan fingerprint density at radius 3 is 2.71 bits per heavy atom. The van der Waals surface area contributed by atoms with E-state index in [0.29, 0.717) is 13.0 Å². The SMILES string of the molecule is CCCN(CCCN)CC1CCCC(F)(F)C1. The average Bonchev–Trinajstić information content (AvgIpc) is 2.25. The van der Waals surface area contributed by atoms with Gasteiger partial charge in [0.25, 0.3) is 0 Å². The van der Waals surface area contributed by atoms with E-state index in [0.717, 1.165) is 38.9 Å². The van der Waals surface area contributed by atoms with Crippen molar-refractivity contribution in [3.05, 3.63) is 0 Å². The van der Waals surface area contributed by atoms with Gasteiger partial charge in [0.05, 0.1) is 0 Å². The minimum atomic E-state index is -2.42. The van der Waals surface area contributed by atoms with Crippen molar-refractivity contribution in [1.82, 2.24) is 4.90 Å². The Morgan fingerprint density at radius 2 is 2.12 bits per heavy atom. The molecule has 0 aromatic carbocycles. The van der Waals surface area contributed by atoms with Gasteiger partial charge in [0.15, 0.2) is 0 Å². The Balaban J connectivity index is 2.37. The molecule has 1 atom stereocenters. The van der Waals surface area contributed by atoms with Crippen LogP contribution in [0.4, 0.5) is 8.78 Å². The quantitative estimate of drug-likeness (QED) is 0.750. The zero-order chi connectivity index (χ0) is 12.7. The second-order valence-electron chi connectivity index (χ2n) is 5.26. The van der Waals surface area contributed by atoms with Crippen LogP contribution in [0.1, 0.15) is 45.4 Å². The summed E-state index contributed by atoms with van der Waals surface area (Å²) in [5.41, 5.74) is 5.50. The van der Waals surface area contributed by atoms with Gasteiger partial charge in [0, 0.05) is 19.4 Å². The number of nitrogens with two attached hydrogens (primary N) is 1. The zero-order valence-electron chi connectivity index (χ0n) is 10.9. The first kappa shape index (κ1) is 14.8. The monoisotopic (exact) mass is 248 g/mol. The highest BCUT2D eigenvalue weighted by atomic mass is 19.3. The molecule has 1 saturated carbocycles. The predicted octanol–water partition coefficient (Wildman–Crippen LogP) is 2.87. The highest BCUT2D eigenvalue weighted by Crippen LogP contribution is 2.36. The van der Waals surface area contributed by atoms with Crippen LogP contribution < -0.4 is 5.73 Å². The van der Waals surface area contributed by atoms with Crippen LogP contribution in [-0.2, 0) is 0 Å². The van der Waals surface area contributed by atoms with E-state index in [1.54, 1.807) is 0 Å². The van der Waals surface area contributed by atoms with Gasteiger partial charge in [-0.1, -0.05) is 6.92 Å². The highest BCUT2D eigenvalue weighted by molar-refractivity contribution is 4.80. The normalized spacial score (nSPS) is 24.2. The van der Waals surface area contributed by atoms with E-state index in [1.807, 2.05) is 0 Å². The second-order valence-corrected chi connectivity index (χ2v) is 5.26. The van der Waals surface area contributed by atoms with E-state index in [1.165, 1.54) is 0 Å². The van der Waals surface area contributed by atoms with Crippen molar-refractivity contribution >= 4 is 0 Å². The second kappa shape index (κ2) is 7.27. The van der Waals surface area contributed by atoms with Crippen LogP contribution in [-0.4, -0.2) is 37.0 Å². The summed E-state index contributed by atoms with van der Waals surface area (Å²) in [7, 11) is 0. The molecule has 4 heteroatoms. The summed E-state index contributed by atoms with van der Waals surface area (Å²) in [5.74, 6) is -2.25. The number of hydrogen-bond donors (Lipinski definition) is 1. The molecule has 0 bridgehead atoms. The highest BCUT2D eigenvalue weighted by Gasteiger charge is 2.36. The Morgan fingerprint density at radius 1 is 1.35 bits per heavy atom. The summed E-state index contributed by atoms with van der Waals surface area (Å²) in [5, 5.41) is 0. The fraction of sp³-hybridized carbons (Fsp3) is 1.00. The molecule has 0 radical (unpaired) electrons. The van der Waals surface area contributed by atoms with Crippen LogP contribution in [0.15, 0.2) is 0 Å². The number of nitrogens with zero attached hydrogens (tertiary/aromatic N) is 1. The number of hydrogen-bond acceptors (Lipinski definition) is 2. The predicted molar refractivity (Wildman–Crippen MR) is 67.3 cm³/mol. The number of alkyl halides is 2. The average molecular weight is 248 g/mol. The third kappa shape index (κ3) is 5.77. The minimum Gasteiger partial charge on any atom is -0.330 e. The van der Waals surface area contributed by atoms with Crippen molar-refractivity contribution in [2.75, 3.05) is 26.2 Å². The summed E-state index contributed by atoms with van der Waals surface area (Å²) in [6, 6.07) is 0. The van der Waals surface area contributed by atoms with E-state index in [4.69, 9.17) is 5.73 Å². The third-order valence-electron chi connectivity index (χ3n) is 3.48. The Kier molecular flexibility index (Phi) is 6.34. The Hall–Kier alpha value is -0.220. The van der Waals surface area contributed by atoms with Crippen molar-refractivity contribution < 1.29 is 8.78 Å². The fourth-order valence-electron chi connectivity index (χ4n) is 2.72. The van der Waals surface area contributed by atoms with Crippen LogP contribution >= 0.6 is 0 Å². The lowest BCUT2D eigenvalue weighted by molar-refractivity contribution is -0.0569. The molecule has 0 heterocycles. The molecule has 1 unspecified atom stereocenters. The maximum atomic E-state index is 13.3. The van der Waals surface area contributed by atoms with Crippen LogP contribution in [0, 0.1) is 5.92 Å². The van der Waals surface area contributed by atoms with Crippen LogP contribution in [0.25, 0.3) is 0 Å². The van der Waals surface area contributed by atoms with Gasteiger partial charge >= 0.3 is 0 Å². The van der Waals surface area contributed by atoms with E-state index in [-0.39, 0.29) is 18.8 Å². The van der Waals surface area contributed by atoms with Gasteiger partial charge in [0.2, 0.25) is 5.92 Å². The molecular formula is C13H26F2N2. The van der Waals surface area contributed by atoms with Crippen molar-refractivity contribution in [2.24, 2.45) is 11.7 Å². The molecule has 102 valence electrons. The summed E-state index contributed by atoms with van der Waals surface area (Å²) < 4.78 is 26.6. The first-order valence-corrected chi connectivity index (χ1v) is 6.87. The summed E-state index contributed by atoms with van der Waals surface area (Å²) in [6.45, 7) is 5.59. The Bertz CT molecular complexity index is 210. The summed E-state index contributed by atoms with van der Waals surface area (Å²) in [4.78, 5) is 2.30. The van der Waals surface area contributed by atoms with Crippen molar-refractivity contribution in [3.63, 3.8) is 0 Å². The Labute approximate surface area is 104 Å². The number of halogens is 2.